The van der Waals surface area contributed by atoms with E-state index in [0.29, 0.717) is 44.8 Å². The van der Waals surface area contributed by atoms with Gasteiger partial charge in [0.05, 0.1) is 32.6 Å². The number of likely N-dealkylation sites (N-methyl/N-ethyl adjacent to an activating group) is 2. The van der Waals surface area contributed by atoms with Crippen LogP contribution in [0.25, 0.3) is 0 Å². The van der Waals surface area contributed by atoms with E-state index in [9.17, 15) is 34.2 Å². The van der Waals surface area contributed by atoms with Gasteiger partial charge in [0, 0.05) is 43.9 Å². The average molecular weight is 587 g/mol. The number of carboxylic acids is 2. The van der Waals surface area contributed by atoms with E-state index in [0.717, 1.165) is 0 Å². The molecule has 0 aliphatic carbocycles. The first-order chi connectivity index (χ1) is 19.9. The van der Waals surface area contributed by atoms with Crippen LogP contribution >= 0.6 is 0 Å². The summed E-state index contributed by atoms with van der Waals surface area (Å²) in [7, 11) is 3.65. The minimum Gasteiger partial charge on any atom is -0.481 e. The number of anilines is 4. The smallest absolute Gasteiger partial charge is 0.388 e. The van der Waals surface area contributed by atoms with E-state index in [1.165, 1.54) is 17.0 Å². The van der Waals surface area contributed by atoms with Crippen molar-refractivity contribution in [3.63, 3.8) is 0 Å². The first-order valence-corrected chi connectivity index (χ1v) is 13.4. The number of aliphatic carboxylic acids is 2. The lowest BCUT2D eigenvalue weighted by atomic mass is 9.96. The Morgan fingerprint density at radius 1 is 1.21 bits per heavy atom. The van der Waals surface area contributed by atoms with Gasteiger partial charge in [0.15, 0.2) is 11.5 Å². The molecule has 0 radical (unpaired) electrons. The second kappa shape index (κ2) is 12.0. The van der Waals surface area contributed by atoms with Crippen LogP contribution in [0.15, 0.2) is 29.1 Å². The highest BCUT2D eigenvalue weighted by Crippen LogP contribution is 2.30. The molecule has 226 valence electrons. The topological polar surface area (TPSA) is 223 Å². The molecule has 1 aromatic carbocycles. The predicted octanol–water partition coefficient (Wildman–Crippen LogP) is -1.01. The summed E-state index contributed by atoms with van der Waals surface area (Å²) in [6.45, 7) is 2.57. The Kier molecular flexibility index (Phi) is 8.67. The van der Waals surface area contributed by atoms with Crippen molar-refractivity contribution in [3.8, 4) is 0 Å². The van der Waals surface area contributed by atoms with Crippen LogP contribution in [0.3, 0.4) is 0 Å². The Morgan fingerprint density at radius 3 is 2.48 bits per heavy atom. The summed E-state index contributed by atoms with van der Waals surface area (Å²) in [4.78, 5) is 71.5. The summed E-state index contributed by atoms with van der Waals surface area (Å²) < 4.78 is -0.0396. The third-order valence-electron chi connectivity index (χ3n) is 8.12. The number of carboxylic acid groups (broad SMARTS) is 2. The SMILES string of the molecule is CN1CC[N+](C)(C(CCC(=O)O)(NC(=O)c2ccc(NCC3CNc4nc(N)[nH]c(=O)c4N3C=O)cc2)C(=O)O)CC1. The van der Waals surface area contributed by atoms with E-state index in [2.05, 4.69) is 30.8 Å². The molecule has 0 bridgehead atoms. The molecule has 0 spiro atoms. The number of piperazine rings is 1. The third kappa shape index (κ3) is 5.99. The van der Waals surface area contributed by atoms with Crippen molar-refractivity contribution in [2.75, 3.05) is 74.6 Å². The van der Waals surface area contributed by atoms with Crippen LogP contribution in [0.2, 0.25) is 0 Å². The lowest BCUT2D eigenvalue weighted by Gasteiger charge is -2.51. The molecule has 2 amide bonds. The van der Waals surface area contributed by atoms with Gasteiger partial charge in [0.2, 0.25) is 12.4 Å². The summed E-state index contributed by atoms with van der Waals surface area (Å²) in [6.07, 6.45) is -0.151. The molecular weight excluding hydrogens is 550 g/mol. The highest BCUT2D eigenvalue weighted by Gasteiger charge is 2.57. The largest absolute Gasteiger partial charge is 0.481 e. The molecule has 2 atom stereocenters. The van der Waals surface area contributed by atoms with E-state index in [1.54, 1.807) is 19.2 Å². The summed E-state index contributed by atoms with van der Waals surface area (Å²) in [5, 5.41) is 28.6. The Morgan fingerprint density at radius 2 is 1.88 bits per heavy atom. The second-order valence-corrected chi connectivity index (χ2v) is 10.8. The molecule has 1 aromatic heterocycles. The molecule has 2 aromatic rings. The van der Waals surface area contributed by atoms with Gasteiger partial charge in [-0.25, -0.2) is 4.79 Å². The van der Waals surface area contributed by atoms with Crippen molar-refractivity contribution < 1.29 is 33.9 Å². The van der Waals surface area contributed by atoms with Crippen LogP contribution in [0, 0.1) is 0 Å². The molecule has 2 unspecified atom stereocenters. The van der Waals surface area contributed by atoms with Crippen molar-refractivity contribution >= 4 is 47.4 Å². The predicted molar refractivity (Wildman–Crippen MR) is 153 cm³/mol. The van der Waals surface area contributed by atoms with E-state index in [1.807, 2.05) is 7.05 Å². The number of nitrogens with two attached hydrogens (primary N) is 1. The lowest BCUT2D eigenvalue weighted by Crippen LogP contribution is -2.77. The molecule has 16 heteroatoms. The zero-order valence-corrected chi connectivity index (χ0v) is 23.4. The normalized spacial score (nSPS) is 19.5. The summed E-state index contributed by atoms with van der Waals surface area (Å²) in [5.41, 5.74) is 4.07. The molecule has 2 aliphatic heterocycles. The third-order valence-corrected chi connectivity index (χ3v) is 8.12. The van der Waals surface area contributed by atoms with E-state index < -0.39 is 41.5 Å². The van der Waals surface area contributed by atoms with Crippen LogP contribution in [-0.2, 0) is 14.4 Å². The fraction of sp³-hybridized carbons (Fsp3) is 0.462. The molecule has 1 saturated heterocycles. The van der Waals surface area contributed by atoms with Gasteiger partial charge >= 0.3 is 11.9 Å². The number of fused-ring (bicyclic) bond motifs is 1. The number of aromatic nitrogens is 2. The van der Waals surface area contributed by atoms with E-state index in [4.69, 9.17) is 5.73 Å². The van der Waals surface area contributed by atoms with Crippen LogP contribution in [0.1, 0.15) is 23.2 Å². The van der Waals surface area contributed by atoms with E-state index >= 15 is 0 Å². The number of H-pyrrole nitrogens is 1. The fourth-order valence-electron chi connectivity index (χ4n) is 5.42. The first kappa shape index (κ1) is 30.3. The van der Waals surface area contributed by atoms with Gasteiger partial charge in [-0.05, 0) is 31.3 Å². The van der Waals surface area contributed by atoms with Crippen molar-refractivity contribution in [3.05, 3.63) is 40.2 Å². The number of nitrogens with one attached hydrogen (secondary N) is 4. The Hall–Kier alpha value is -4.70. The number of carbonyl (C=O) groups excluding carboxylic acids is 2. The molecule has 8 N–H and O–H groups in total. The van der Waals surface area contributed by atoms with Crippen molar-refractivity contribution in [1.82, 2.24) is 20.2 Å². The number of amides is 2. The molecule has 4 rings (SSSR count). The highest BCUT2D eigenvalue weighted by molar-refractivity contribution is 5.97. The molecule has 16 nitrogen and oxygen atoms in total. The zero-order valence-electron chi connectivity index (χ0n) is 23.4. The Balaban J connectivity index is 1.48. The number of carbonyl (C=O) groups is 4. The van der Waals surface area contributed by atoms with Gasteiger partial charge < -0.3 is 31.5 Å². The number of hydrogen-bond acceptors (Lipinski definition) is 10. The lowest BCUT2D eigenvalue weighted by molar-refractivity contribution is -0.956. The molecule has 2 aliphatic rings. The van der Waals surface area contributed by atoms with Crippen LogP contribution < -0.4 is 32.1 Å². The Labute approximate surface area is 241 Å². The highest BCUT2D eigenvalue weighted by atomic mass is 16.4. The molecule has 42 heavy (non-hydrogen) atoms. The van der Waals surface area contributed by atoms with Crippen LogP contribution in [-0.4, -0.2) is 119 Å². The van der Waals surface area contributed by atoms with E-state index in [-0.39, 0.29) is 40.5 Å². The number of quaternary nitrogens is 1. The number of nitrogen functional groups attached to an aromatic ring is 1. The maximum Gasteiger partial charge on any atom is 0.388 e. The Bertz CT molecular complexity index is 1410. The van der Waals surface area contributed by atoms with Gasteiger partial charge in [-0.2, -0.15) is 4.98 Å². The van der Waals surface area contributed by atoms with Gasteiger partial charge in [-0.15, -0.1) is 0 Å². The maximum absolute atomic E-state index is 13.4. The number of aromatic amines is 1. The van der Waals surface area contributed by atoms with Gasteiger partial charge in [0.1, 0.15) is 0 Å². The number of nitrogens with zero attached hydrogens (tertiary/aromatic N) is 4. The summed E-state index contributed by atoms with van der Waals surface area (Å²) in [6, 6.07) is 5.86. The molecule has 1 fully saturated rings. The molecule has 3 heterocycles. The van der Waals surface area contributed by atoms with Crippen LogP contribution in [0.5, 0.6) is 0 Å². The number of hydrogen-bond donors (Lipinski definition) is 7. The van der Waals surface area contributed by atoms with Gasteiger partial charge in [0.25, 0.3) is 17.1 Å². The average Bonchev–Trinajstić information content (AvgIpc) is 2.95. The minimum absolute atomic E-state index is 0.0396. The first-order valence-electron chi connectivity index (χ1n) is 13.4. The summed E-state index contributed by atoms with van der Waals surface area (Å²) in [5.74, 6) is -2.94. The molecule has 0 saturated carbocycles. The second-order valence-electron chi connectivity index (χ2n) is 10.8. The molecular formula is C26H36N9O7+. The number of benzene rings is 1. The van der Waals surface area contributed by atoms with Crippen LogP contribution in [0.4, 0.5) is 23.1 Å². The van der Waals surface area contributed by atoms with Gasteiger partial charge in [-0.3, -0.25) is 38.9 Å². The fourth-order valence-corrected chi connectivity index (χ4v) is 5.42. The minimum atomic E-state index is -1.84. The zero-order chi connectivity index (χ0) is 30.7. The standard InChI is InChI=1S/C26H35N9O7/c1-33-9-11-35(2,12-10-33)26(24(41)42,8-7-19(37)38)32-22(39)16-3-5-17(6-4-16)28-13-18-14-29-21-20(34(18)15-36)23(40)31-25(27)30-21/h3-6,15,18H,7-14H2,1-2H3,(H7-,27,28,29,30,31,32,37,38,39,40,41,42)/p+1. The monoisotopic (exact) mass is 586 g/mol. The van der Waals surface area contributed by atoms with Crippen molar-refractivity contribution in [1.29, 1.82) is 0 Å². The van der Waals surface area contributed by atoms with Gasteiger partial charge in [-0.1, -0.05) is 0 Å². The quantitative estimate of drug-likeness (QED) is 0.124. The van der Waals surface area contributed by atoms with Crippen molar-refractivity contribution in [2.45, 2.75) is 24.5 Å². The number of rotatable bonds is 11. The van der Waals surface area contributed by atoms with Crippen molar-refractivity contribution in [2.24, 2.45) is 0 Å². The summed E-state index contributed by atoms with van der Waals surface area (Å²) >= 11 is 0. The maximum atomic E-state index is 13.4.